The topological polar surface area (TPSA) is 81.5 Å². The van der Waals surface area contributed by atoms with Gasteiger partial charge in [0.1, 0.15) is 5.75 Å². The molecule has 0 unspecified atom stereocenters. The van der Waals surface area contributed by atoms with Crippen molar-refractivity contribution < 1.29 is 4.74 Å². The molecule has 3 aromatic heterocycles. The van der Waals surface area contributed by atoms with E-state index >= 15 is 0 Å². The van der Waals surface area contributed by atoms with Crippen LogP contribution in [-0.4, -0.2) is 30.2 Å². The first kappa shape index (κ1) is 20.8. The minimum absolute atomic E-state index is 0.230. The zero-order valence-electron chi connectivity index (χ0n) is 18.9. The van der Waals surface area contributed by atoms with Gasteiger partial charge in [0.15, 0.2) is 12.6 Å². The van der Waals surface area contributed by atoms with Crippen LogP contribution in [0.15, 0.2) is 91.1 Å². The number of ether oxygens (including phenoxy) is 1. The van der Waals surface area contributed by atoms with Crippen LogP contribution in [0.5, 0.6) is 5.75 Å². The molecule has 3 aromatic carbocycles. The molecule has 3 heterocycles. The van der Waals surface area contributed by atoms with Crippen molar-refractivity contribution in [2.24, 2.45) is 0 Å². The van der Waals surface area contributed by atoms with Crippen LogP contribution in [0.4, 0.5) is 0 Å². The average molecular weight is 459 g/mol. The molecular weight excluding hydrogens is 436 g/mol. The lowest BCUT2D eigenvalue weighted by Crippen LogP contribution is -2.11. The fourth-order valence-electron chi connectivity index (χ4n) is 4.10. The van der Waals surface area contributed by atoms with E-state index in [1.807, 2.05) is 66.9 Å². The Hall–Kier alpha value is -4.78. The molecule has 0 bridgehead atoms. The Balaban J connectivity index is 1.16. The van der Waals surface area contributed by atoms with Crippen LogP contribution in [-0.2, 0) is 13.2 Å². The van der Waals surface area contributed by atoms with E-state index in [2.05, 4.69) is 56.9 Å². The maximum atomic E-state index is 6.01. The van der Waals surface area contributed by atoms with Gasteiger partial charge in [-0.3, -0.25) is 0 Å². The van der Waals surface area contributed by atoms with Crippen LogP contribution < -0.4 is 4.74 Å². The van der Waals surface area contributed by atoms with Crippen molar-refractivity contribution in [3.05, 3.63) is 114 Å². The fraction of sp³-hybridized carbons (Fsp3) is 0.0714. The van der Waals surface area contributed by atoms with Crippen LogP contribution in [0.2, 0.25) is 0 Å². The molecule has 0 radical (unpaired) electrons. The number of hydrogen-bond acceptors (Lipinski definition) is 5. The Kier molecular flexibility index (Phi) is 5.48. The summed E-state index contributed by atoms with van der Waals surface area (Å²) in [5.74, 6) is 1.50. The van der Waals surface area contributed by atoms with Gasteiger partial charge in [-0.2, -0.15) is 4.68 Å². The average Bonchev–Trinajstić information content (AvgIpc) is 3.56. The molecule has 7 heteroatoms. The summed E-state index contributed by atoms with van der Waals surface area (Å²) >= 11 is 0. The van der Waals surface area contributed by atoms with E-state index in [0.717, 1.165) is 50.2 Å². The van der Waals surface area contributed by atoms with Gasteiger partial charge in [0.2, 0.25) is 0 Å². The fourth-order valence-corrected chi connectivity index (χ4v) is 4.10. The number of nitrogens with zero attached hydrogens (tertiary/aromatic N) is 5. The molecule has 0 amide bonds. The summed E-state index contributed by atoms with van der Waals surface area (Å²) in [5.41, 5.74) is 5.08. The van der Waals surface area contributed by atoms with Crippen LogP contribution in [0.25, 0.3) is 34.0 Å². The third-order valence-electron chi connectivity index (χ3n) is 5.88. The van der Waals surface area contributed by atoms with E-state index in [0.29, 0.717) is 6.42 Å². The quantitative estimate of drug-likeness (QED) is 0.342. The summed E-state index contributed by atoms with van der Waals surface area (Å²) < 4.78 is 7.70. The number of H-pyrrole nitrogens is 1. The SMILES string of the molecule is C(=C\c1ccc2ccccc2n1)/c1cccc(Cc2nnnn2COc2cccc3cc[nH]c23)c1. The summed E-state index contributed by atoms with van der Waals surface area (Å²) in [6, 6.07) is 28.5. The molecule has 0 aliphatic rings. The highest BCUT2D eigenvalue weighted by Crippen LogP contribution is 2.24. The van der Waals surface area contributed by atoms with Gasteiger partial charge in [0.05, 0.1) is 16.7 Å². The van der Waals surface area contributed by atoms with Gasteiger partial charge in [0, 0.05) is 23.4 Å². The molecule has 6 rings (SSSR count). The second-order valence-corrected chi connectivity index (χ2v) is 8.25. The first-order valence-corrected chi connectivity index (χ1v) is 11.4. The minimum atomic E-state index is 0.230. The van der Waals surface area contributed by atoms with Crippen molar-refractivity contribution in [1.29, 1.82) is 0 Å². The Morgan fingerprint density at radius 1 is 0.857 bits per heavy atom. The summed E-state index contributed by atoms with van der Waals surface area (Å²) in [7, 11) is 0. The smallest absolute Gasteiger partial charge is 0.184 e. The number of fused-ring (bicyclic) bond motifs is 2. The number of rotatable bonds is 7. The van der Waals surface area contributed by atoms with Crippen molar-refractivity contribution in [1.82, 2.24) is 30.2 Å². The van der Waals surface area contributed by atoms with Crippen LogP contribution in [0.1, 0.15) is 22.6 Å². The Morgan fingerprint density at radius 2 is 1.77 bits per heavy atom. The lowest BCUT2D eigenvalue weighted by Gasteiger charge is -2.09. The number of para-hydroxylation sites is 2. The summed E-state index contributed by atoms with van der Waals surface area (Å²) in [5, 5.41) is 14.4. The highest BCUT2D eigenvalue weighted by atomic mass is 16.5. The standard InChI is InChI=1S/C28H22N6O/c1-2-9-25-22(7-1)12-14-24(30-25)13-11-20-5-3-6-21(17-20)18-27-31-32-33-34(27)19-35-26-10-4-8-23-15-16-29-28(23)26/h1-17,29H,18-19H2/b13-11+. The molecule has 35 heavy (non-hydrogen) atoms. The van der Waals surface area contributed by atoms with E-state index in [4.69, 9.17) is 9.72 Å². The van der Waals surface area contributed by atoms with E-state index in [9.17, 15) is 0 Å². The maximum absolute atomic E-state index is 6.01. The molecule has 6 aromatic rings. The van der Waals surface area contributed by atoms with Crippen molar-refractivity contribution in [2.45, 2.75) is 13.2 Å². The Labute approximate surface area is 201 Å². The second kappa shape index (κ2) is 9.23. The van der Waals surface area contributed by atoms with Gasteiger partial charge in [-0.1, -0.05) is 66.7 Å². The normalized spacial score (nSPS) is 11.5. The second-order valence-electron chi connectivity index (χ2n) is 8.25. The van der Waals surface area contributed by atoms with E-state index in [1.165, 1.54) is 0 Å². The van der Waals surface area contributed by atoms with E-state index in [-0.39, 0.29) is 6.73 Å². The number of benzene rings is 3. The molecule has 0 aliphatic heterocycles. The van der Waals surface area contributed by atoms with Crippen molar-refractivity contribution in [3.63, 3.8) is 0 Å². The van der Waals surface area contributed by atoms with Crippen molar-refractivity contribution in [3.8, 4) is 5.75 Å². The van der Waals surface area contributed by atoms with Crippen LogP contribution in [0, 0.1) is 0 Å². The lowest BCUT2D eigenvalue weighted by atomic mass is 10.1. The van der Waals surface area contributed by atoms with Gasteiger partial charge >= 0.3 is 0 Å². The molecule has 0 saturated heterocycles. The number of aromatic amines is 1. The first-order valence-electron chi connectivity index (χ1n) is 11.4. The van der Waals surface area contributed by atoms with Crippen molar-refractivity contribution in [2.75, 3.05) is 0 Å². The number of aromatic nitrogens is 6. The van der Waals surface area contributed by atoms with Gasteiger partial charge in [0.25, 0.3) is 0 Å². The molecule has 1 N–H and O–H groups in total. The predicted molar refractivity (Wildman–Crippen MR) is 137 cm³/mol. The first-order chi connectivity index (χ1) is 17.3. The Morgan fingerprint density at radius 3 is 2.77 bits per heavy atom. The summed E-state index contributed by atoms with van der Waals surface area (Å²) in [4.78, 5) is 7.93. The number of pyridine rings is 1. The molecule has 170 valence electrons. The molecule has 0 atom stereocenters. The minimum Gasteiger partial charge on any atom is -0.469 e. The van der Waals surface area contributed by atoms with Crippen LogP contribution >= 0.6 is 0 Å². The molecule has 0 spiro atoms. The predicted octanol–water partition coefficient (Wildman–Crippen LogP) is 5.50. The summed E-state index contributed by atoms with van der Waals surface area (Å²) in [6.45, 7) is 0.230. The molecule has 0 saturated carbocycles. The van der Waals surface area contributed by atoms with Gasteiger partial charge in [-0.05, 0) is 51.9 Å². The molecule has 0 fully saturated rings. The highest BCUT2D eigenvalue weighted by Gasteiger charge is 2.10. The number of tetrazole rings is 1. The third-order valence-corrected chi connectivity index (χ3v) is 5.88. The van der Waals surface area contributed by atoms with Gasteiger partial charge in [-0.25, -0.2) is 4.98 Å². The maximum Gasteiger partial charge on any atom is 0.184 e. The molecular formula is C28H22N6O. The zero-order valence-corrected chi connectivity index (χ0v) is 18.9. The third kappa shape index (κ3) is 4.52. The summed E-state index contributed by atoms with van der Waals surface area (Å²) in [6.07, 6.45) is 6.60. The van der Waals surface area contributed by atoms with Crippen molar-refractivity contribution >= 4 is 34.0 Å². The number of nitrogens with one attached hydrogen (secondary N) is 1. The number of hydrogen-bond donors (Lipinski definition) is 1. The van der Waals surface area contributed by atoms with Crippen LogP contribution in [0.3, 0.4) is 0 Å². The van der Waals surface area contributed by atoms with Gasteiger partial charge < -0.3 is 9.72 Å². The van der Waals surface area contributed by atoms with E-state index < -0.39 is 0 Å². The monoisotopic (exact) mass is 458 g/mol. The Bertz CT molecular complexity index is 1650. The largest absolute Gasteiger partial charge is 0.469 e. The van der Waals surface area contributed by atoms with Gasteiger partial charge in [-0.15, -0.1) is 5.10 Å². The highest BCUT2D eigenvalue weighted by molar-refractivity contribution is 5.85. The molecule has 7 nitrogen and oxygen atoms in total. The van der Waals surface area contributed by atoms with E-state index in [1.54, 1.807) is 4.68 Å². The zero-order chi connectivity index (χ0) is 23.5. The lowest BCUT2D eigenvalue weighted by molar-refractivity contribution is 0.216. The molecule has 0 aliphatic carbocycles.